The van der Waals surface area contributed by atoms with E-state index in [1.807, 2.05) is 4.90 Å². The third-order valence-corrected chi connectivity index (χ3v) is 7.43. The van der Waals surface area contributed by atoms with Gasteiger partial charge in [0.25, 0.3) is 0 Å². The van der Waals surface area contributed by atoms with Crippen molar-refractivity contribution in [1.29, 1.82) is 5.26 Å². The maximum Gasteiger partial charge on any atom is 0.417 e. The number of halogens is 3. The highest BCUT2D eigenvalue weighted by Gasteiger charge is 2.51. The fourth-order valence-corrected chi connectivity index (χ4v) is 5.50. The average molecular weight is 464 g/mol. The normalized spacial score (nSPS) is 23.5. The molecule has 0 radical (unpaired) electrons. The number of hydrogen-bond acceptors (Lipinski definition) is 5. The molecule has 3 saturated heterocycles. The summed E-state index contributed by atoms with van der Waals surface area (Å²) < 4.78 is 45.7. The van der Waals surface area contributed by atoms with E-state index in [4.69, 9.17) is 15.7 Å². The third-order valence-electron chi connectivity index (χ3n) is 7.43. The standard InChI is InChI=1S/C23H27F3N4O3/c24-23(25,26)18-11-17(2-1-16(18)12-27)30-13-19(20(28)31)22(14-30)5-7-29(8-6-22)21(32)15-3-9-33-10-4-15/h1-2,11,15,19H,3-10,13-14H2,(H2,28,31). The summed E-state index contributed by atoms with van der Waals surface area (Å²) in [5, 5.41) is 9.05. The van der Waals surface area contributed by atoms with Gasteiger partial charge in [-0.1, -0.05) is 0 Å². The molecule has 10 heteroatoms. The number of anilines is 1. The number of hydrogen-bond donors (Lipinski definition) is 1. The van der Waals surface area contributed by atoms with Gasteiger partial charge in [-0.3, -0.25) is 9.59 Å². The third kappa shape index (κ3) is 4.51. The van der Waals surface area contributed by atoms with Gasteiger partial charge in [-0.15, -0.1) is 0 Å². The second kappa shape index (κ2) is 8.86. The van der Waals surface area contributed by atoms with Crippen LogP contribution in [0.2, 0.25) is 0 Å². The molecule has 0 aliphatic carbocycles. The Morgan fingerprint density at radius 3 is 2.42 bits per heavy atom. The SMILES string of the molecule is N#Cc1ccc(N2CC(C(N)=O)C3(CCN(C(=O)C4CCOCC4)CC3)C2)cc1C(F)(F)F. The molecule has 0 bridgehead atoms. The van der Waals surface area contributed by atoms with Gasteiger partial charge < -0.3 is 20.3 Å². The van der Waals surface area contributed by atoms with E-state index in [1.165, 1.54) is 6.07 Å². The number of amides is 2. The van der Waals surface area contributed by atoms with Crippen molar-refractivity contribution in [2.45, 2.75) is 31.9 Å². The molecule has 33 heavy (non-hydrogen) atoms. The number of nitrogens with two attached hydrogens (primary N) is 1. The van der Waals surface area contributed by atoms with Crippen LogP contribution < -0.4 is 10.6 Å². The van der Waals surface area contributed by atoms with Gasteiger partial charge in [-0.05, 0) is 43.9 Å². The van der Waals surface area contributed by atoms with Crippen LogP contribution in [0.4, 0.5) is 18.9 Å². The van der Waals surface area contributed by atoms with E-state index >= 15 is 0 Å². The fourth-order valence-electron chi connectivity index (χ4n) is 5.50. The molecule has 2 N–H and O–H groups in total. The molecule has 1 aromatic carbocycles. The lowest BCUT2D eigenvalue weighted by molar-refractivity contribution is -0.141. The largest absolute Gasteiger partial charge is 0.417 e. The first-order chi connectivity index (χ1) is 15.6. The fraction of sp³-hybridized carbons (Fsp3) is 0.609. The number of ether oxygens (including phenoxy) is 1. The number of alkyl halides is 3. The quantitative estimate of drug-likeness (QED) is 0.741. The zero-order chi connectivity index (χ0) is 23.8. The van der Waals surface area contributed by atoms with Gasteiger partial charge in [0.15, 0.2) is 0 Å². The van der Waals surface area contributed by atoms with Gasteiger partial charge in [-0.25, -0.2) is 0 Å². The second-order valence-corrected chi connectivity index (χ2v) is 9.25. The maximum atomic E-state index is 13.4. The van der Waals surface area contributed by atoms with Crippen molar-refractivity contribution in [3.8, 4) is 6.07 Å². The summed E-state index contributed by atoms with van der Waals surface area (Å²) in [4.78, 5) is 28.8. The van der Waals surface area contributed by atoms with Crippen LogP contribution in [-0.4, -0.2) is 56.1 Å². The van der Waals surface area contributed by atoms with E-state index in [2.05, 4.69) is 0 Å². The molecular formula is C23H27F3N4O3. The predicted octanol–water partition coefficient (Wildman–Crippen LogP) is 2.53. The van der Waals surface area contributed by atoms with E-state index < -0.39 is 34.5 Å². The second-order valence-electron chi connectivity index (χ2n) is 9.25. The number of nitriles is 1. The summed E-state index contributed by atoms with van der Waals surface area (Å²) in [7, 11) is 0. The molecule has 4 rings (SSSR count). The first kappa shape index (κ1) is 23.4. The number of piperidine rings is 1. The van der Waals surface area contributed by atoms with Crippen molar-refractivity contribution >= 4 is 17.5 Å². The van der Waals surface area contributed by atoms with E-state index in [0.717, 1.165) is 12.1 Å². The lowest BCUT2D eigenvalue weighted by atomic mass is 9.70. The highest BCUT2D eigenvalue weighted by atomic mass is 19.4. The predicted molar refractivity (Wildman–Crippen MR) is 113 cm³/mol. The Morgan fingerprint density at radius 1 is 1.18 bits per heavy atom. The van der Waals surface area contributed by atoms with Crippen molar-refractivity contribution in [2.75, 3.05) is 44.3 Å². The van der Waals surface area contributed by atoms with Crippen LogP contribution in [0, 0.1) is 28.6 Å². The minimum absolute atomic E-state index is 0.0424. The Labute approximate surface area is 190 Å². The molecule has 178 valence electrons. The molecule has 7 nitrogen and oxygen atoms in total. The molecule has 2 amide bonds. The number of nitrogens with zero attached hydrogens (tertiary/aromatic N) is 3. The molecule has 3 heterocycles. The van der Waals surface area contributed by atoms with E-state index in [9.17, 15) is 22.8 Å². The summed E-state index contributed by atoms with van der Waals surface area (Å²) in [6.45, 7) is 2.74. The van der Waals surface area contributed by atoms with Gasteiger partial charge >= 0.3 is 6.18 Å². The lowest BCUT2D eigenvalue weighted by Crippen LogP contribution is -2.50. The Morgan fingerprint density at radius 2 is 1.85 bits per heavy atom. The highest BCUT2D eigenvalue weighted by molar-refractivity contribution is 5.81. The average Bonchev–Trinajstić information content (AvgIpc) is 3.18. The zero-order valence-electron chi connectivity index (χ0n) is 18.2. The smallest absolute Gasteiger partial charge is 0.381 e. The van der Waals surface area contributed by atoms with Crippen LogP contribution in [0.3, 0.4) is 0 Å². The number of likely N-dealkylation sites (tertiary alicyclic amines) is 1. The Kier molecular flexibility index (Phi) is 6.27. The summed E-state index contributed by atoms with van der Waals surface area (Å²) in [5.74, 6) is -0.936. The van der Waals surface area contributed by atoms with Crippen LogP contribution in [0.1, 0.15) is 36.8 Å². The molecule has 1 spiro atoms. The lowest BCUT2D eigenvalue weighted by Gasteiger charge is -2.42. The number of benzene rings is 1. The molecule has 1 unspecified atom stereocenters. The molecule has 3 aliphatic heterocycles. The van der Waals surface area contributed by atoms with Crippen LogP contribution in [0.5, 0.6) is 0 Å². The van der Waals surface area contributed by atoms with Gasteiger partial charge in [-0.2, -0.15) is 18.4 Å². The van der Waals surface area contributed by atoms with Crippen LogP contribution >= 0.6 is 0 Å². The highest BCUT2D eigenvalue weighted by Crippen LogP contribution is 2.47. The summed E-state index contributed by atoms with van der Waals surface area (Å²) in [5.41, 5.74) is 4.10. The van der Waals surface area contributed by atoms with Crippen molar-refractivity contribution in [3.63, 3.8) is 0 Å². The Hall–Kier alpha value is -2.80. The molecule has 3 aliphatic rings. The van der Waals surface area contributed by atoms with Crippen molar-refractivity contribution in [2.24, 2.45) is 23.0 Å². The monoisotopic (exact) mass is 464 g/mol. The van der Waals surface area contributed by atoms with Gasteiger partial charge in [0.1, 0.15) is 0 Å². The molecule has 0 aromatic heterocycles. The van der Waals surface area contributed by atoms with Crippen molar-refractivity contribution in [1.82, 2.24) is 4.90 Å². The Balaban J connectivity index is 1.52. The van der Waals surface area contributed by atoms with E-state index in [0.29, 0.717) is 64.2 Å². The summed E-state index contributed by atoms with van der Waals surface area (Å²) in [6, 6.07) is 5.21. The molecule has 3 fully saturated rings. The van der Waals surface area contributed by atoms with Crippen molar-refractivity contribution in [3.05, 3.63) is 29.3 Å². The zero-order valence-corrected chi connectivity index (χ0v) is 18.2. The number of rotatable bonds is 3. The number of primary amides is 1. The first-order valence-corrected chi connectivity index (χ1v) is 11.2. The summed E-state index contributed by atoms with van der Waals surface area (Å²) >= 11 is 0. The Bertz CT molecular complexity index is 961. The van der Waals surface area contributed by atoms with Gasteiger partial charge in [0, 0.05) is 56.4 Å². The van der Waals surface area contributed by atoms with Crippen LogP contribution in [-0.2, 0) is 20.5 Å². The van der Waals surface area contributed by atoms with Crippen LogP contribution in [0.15, 0.2) is 18.2 Å². The number of carbonyl (C=O) groups is 2. The van der Waals surface area contributed by atoms with E-state index in [1.54, 1.807) is 11.0 Å². The molecular weight excluding hydrogens is 437 g/mol. The van der Waals surface area contributed by atoms with E-state index in [-0.39, 0.29) is 18.4 Å². The first-order valence-electron chi connectivity index (χ1n) is 11.2. The summed E-state index contributed by atoms with van der Waals surface area (Å²) in [6.07, 6.45) is -2.11. The molecule has 0 saturated carbocycles. The molecule has 1 atom stereocenters. The topological polar surface area (TPSA) is 99.7 Å². The number of carbonyl (C=O) groups excluding carboxylic acids is 2. The minimum atomic E-state index is -4.66. The van der Waals surface area contributed by atoms with Crippen LogP contribution in [0.25, 0.3) is 0 Å². The van der Waals surface area contributed by atoms with Crippen molar-refractivity contribution < 1.29 is 27.5 Å². The van der Waals surface area contributed by atoms with Gasteiger partial charge in [0.05, 0.1) is 23.1 Å². The maximum absolute atomic E-state index is 13.4. The minimum Gasteiger partial charge on any atom is -0.381 e. The van der Waals surface area contributed by atoms with Gasteiger partial charge in [0.2, 0.25) is 11.8 Å². The molecule has 1 aromatic rings.